The average Bonchev–Trinajstić information content (AvgIpc) is 2.84. The van der Waals surface area contributed by atoms with E-state index in [0.29, 0.717) is 16.3 Å². The molecule has 19 heavy (non-hydrogen) atoms. The summed E-state index contributed by atoms with van der Waals surface area (Å²) >= 11 is 6.13. The highest BCUT2D eigenvalue weighted by Gasteiger charge is 2.13. The fourth-order valence-electron chi connectivity index (χ4n) is 2.05. The molecule has 92 valence electrons. The number of rotatable bonds is 1. The number of fused-ring (bicyclic) bond motifs is 1. The number of halogens is 1. The van der Waals surface area contributed by atoms with Crippen molar-refractivity contribution in [2.24, 2.45) is 0 Å². The third-order valence-electron chi connectivity index (χ3n) is 3.01. The standard InChI is InChI=1S/C14H9ClN4/c1-8-11(7-17-19-8)14-9(6-16)5-10-12(15)3-2-4-13(10)18-14/h2-5,7H,1H3,(H,17,19). The lowest BCUT2D eigenvalue weighted by Gasteiger charge is -2.06. The molecule has 0 aliphatic rings. The molecule has 0 saturated heterocycles. The number of H-pyrrole nitrogens is 1. The van der Waals surface area contributed by atoms with Gasteiger partial charge in [-0.2, -0.15) is 10.4 Å². The lowest BCUT2D eigenvalue weighted by atomic mass is 10.0. The van der Waals surface area contributed by atoms with E-state index in [1.165, 1.54) is 0 Å². The average molecular weight is 269 g/mol. The van der Waals surface area contributed by atoms with E-state index in [1.54, 1.807) is 18.3 Å². The number of pyridine rings is 1. The Balaban J connectivity index is 2.37. The van der Waals surface area contributed by atoms with Gasteiger partial charge in [-0.3, -0.25) is 5.10 Å². The Kier molecular flexibility index (Phi) is 2.69. The van der Waals surface area contributed by atoms with Crippen LogP contribution in [0.4, 0.5) is 0 Å². The van der Waals surface area contributed by atoms with Crippen LogP contribution >= 0.6 is 11.6 Å². The maximum absolute atomic E-state index is 9.29. The van der Waals surface area contributed by atoms with Gasteiger partial charge in [-0.25, -0.2) is 4.98 Å². The summed E-state index contributed by atoms with van der Waals surface area (Å²) in [6, 6.07) is 9.44. The Labute approximate surface area is 114 Å². The largest absolute Gasteiger partial charge is 0.285 e. The molecule has 0 radical (unpaired) electrons. The van der Waals surface area contributed by atoms with E-state index in [-0.39, 0.29) is 0 Å². The van der Waals surface area contributed by atoms with Crippen LogP contribution in [0.1, 0.15) is 11.3 Å². The molecule has 2 aromatic heterocycles. The van der Waals surface area contributed by atoms with Crippen molar-refractivity contribution in [1.29, 1.82) is 5.26 Å². The Morgan fingerprint density at radius 3 is 2.89 bits per heavy atom. The zero-order chi connectivity index (χ0) is 13.4. The Hall–Kier alpha value is -2.38. The van der Waals surface area contributed by atoms with Crippen molar-refractivity contribution in [3.63, 3.8) is 0 Å². The van der Waals surface area contributed by atoms with E-state index in [9.17, 15) is 5.26 Å². The van der Waals surface area contributed by atoms with Gasteiger partial charge in [0.05, 0.1) is 27.5 Å². The molecular weight excluding hydrogens is 260 g/mol. The second-order valence-corrected chi connectivity index (χ2v) is 4.59. The van der Waals surface area contributed by atoms with Gasteiger partial charge in [-0.15, -0.1) is 0 Å². The van der Waals surface area contributed by atoms with Crippen molar-refractivity contribution >= 4 is 22.5 Å². The number of aromatic amines is 1. The van der Waals surface area contributed by atoms with Crippen molar-refractivity contribution in [1.82, 2.24) is 15.2 Å². The minimum Gasteiger partial charge on any atom is -0.285 e. The Bertz CT molecular complexity index is 814. The van der Waals surface area contributed by atoms with Gasteiger partial charge < -0.3 is 0 Å². The normalized spacial score (nSPS) is 10.6. The molecule has 0 fully saturated rings. The highest BCUT2D eigenvalue weighted by Crippen LogP contribution is 2.29. The first-order valence-corrected chi connectivity index (χ1v) is 6.08. The number of aromatic nitrogens is 3. The predicted octanol–water partition coefficient (Wildman–Crippen LogP) is 3.46. The fraction of sp³-hybridized carbons (Fsp3) is 0.0714. The number of benzene rings is 1. The van der Waals surface area contributed by atoms with Gasteiger partial charge in [0.1, 0.15) is 6.07 Å². The molecule has 0 unspecified atom stereocenters. The molecule has 5 heteroatoms. The first-order chi connectivity index (χ1) is 9.20. The van der Waals surface area contributed by atoms with Crippen molar-refractivity contribution in [2.75, 3.05) is 0 Å². The SMILES string of the molecule is Cc1n[nH]cc1-c1nc2cccc(Cl)c2cc1C#N. The maximum atomic E-state index is 9.29. The van der Waals surface area contributed by atoms with Gasteiger partial charge in [0.15, 0.2) is 0 Å². The highest BCUT2D eigenvalue weighted by atomic mass is 35.5. The third kappa shape index (κ3) is 1.85. The lowest BCUT2D eigenvalue weighted by Crippen LogP contribution is -1.92. The molecule has 3 rings (SSSR count). The molecule has 4 nitrogen and oxygen atoms in total. The second kappa shape index (κ2) is 4.38. The number of nitrogens with one attached hydrogen (secondary N) is 1. The summed E-state index contributed by atoms with van der Waals surface area (Å²) < 4.78 is 0. The Morgan fingerprint density at radius 2 is 2.21 bits per heavy atom. The van der Waals surface area contributed by atoms with E-state index >= 15 is 0 Å². The van der Waals surface area contributed by atoms with Crippen molar-refractivity contribution in [3.8, 4) is 17.3 Å². The van der Waals surface area contributed by atoms with Crippen LogP contribution in [0.5, 0.6) is 0 Å². The lowest BCUT2D eigenvalue weighted by molar-refractivity contribution is 1.05. The van der Waals surface area contributed by atoms with Gasteiger partial charge in [0.25, 0.3) is 0 Å². The molecule has 1 N–H and O–H groups in total. The van der Waals surface area contributed by atoms with Crippen LogP contribution in [0.2, 0.25) is 5.02 Å². The van der Waals surface area contributed by atoms with Gasteiger partial charge in [-0.1, -0.05) is 17.7 Å². The molecular formula is C14H9ClN4. The molecule has 0 atom stereocenters. The van der Waals surface area contributed by atoms with Crippen molar-refractivity contribution in [2.45, 2.75) is 6.92 Å². The summed E-state index contributed by atoms with van der Waals surface area (Å²) in [5, 5.41) is 17.5. The van der Waals surface area contributed by atoms with E-state index < -0.39 is 0 Å². The fourth-order valence-corrected chi connectivity index (χ4v) is 2.27. The summed E-state index contributed by atoms with van der Waals surface area (Å²) in [5.74, 6) is 0. The first-order valence-electron chi connectivity index (χ1n) is 5.71. The molecule has 3 aromatic rings. The second-order valence-electron chi connectivity index (χ2n) is 4.19. The molecule has 0 spiro atoms. The molecule has 1 aromatic carbocycles. The topological polar surface area (TPSA) is 65.4 Å². The molecule has 0 aliphatic carbocycles. The summed E-state index contributed by atoms with van der Waals surface area (Å²) in [7, 11) is 0. The van der Waals surface area contributed by atoms with Crippen molar-refractivity contribution < 1.29 is 0 Å². The van der Waals surface area contributed by atoms with Gasteiger partial charge in [0.2, 0.25) is 0 Å². The summed E-state index contributed by atoms with van der Waals surface area (Å²) in [6.45, 7) is 1.87. The van der Waals surface area contributed by atoms with Crippen molar-refractivity contribution in [3.05, 3.63) is 46.7 Å². The number of hydrogen-bond acceptors (Lipinski definition) is 3. The zero-order valence-corrected chi connectivity index (χ0v) is 10.9. The van der Waals surface area contributed by atoms with E-state index in [4.69, 9.17) is 11.6 Å². The summed E-state index contributed by atoms with van der Waals surface area (Å²) in [6.07, 6.45) is 1.74. The van der Waals surface area contributed by atoms with E-state index in [2.05, 4.69) is 21.3 Å². The Morgan fingerprint density at radius 1 is 1.37 bits per heavy atom. The van der Waals surface area contributed by atoms with Crippen LogP contribution in [0.3, 0.4) is 0 Å². The van der Waals surface area contributed by atoms with Gasteiger partial charge >= 0.3 is 0 Å². The van der Waals surface area contributed by atoms with Gasteiger partial charge in [-0.05, 0) is 25.1 Å². The molecule has 2 heterocycles. The number of nitriles is 1. The van der Waals surface area contributed by atoms with Crippen LogP contribution in [0.25, 0.3) is 22.2 Å². The predicted molar refractivity (Wildman–Crippen MR) is 73.8 cm³/mol. The van der Waals surface area contributed by atoms with Crippen LogP contribution in [0, 0.1) is 18.3 Å². The minimum absolute atomic E-state index is 0.491. The number of aryl methyl sites for hydroxylation is 1. The van der Waals surface area contributed by atoms with Crippen LogP contribution in [-0.2, 0) is 0 Å². The zero-order valence-electron chi connectivity index (χ0n) is 10.1. The third-order valence-corrected chi connectivity index (χ3v) is 3.34. The first kappa shape index (κ1) is 11.7. The van der Waals surface area contributed by atoms with E-state index in [0.717, 1.165) is 22.2 Å². The maximum Gasteiger partial charge on any atom is 0.101 e. The minimum atomic E-state index is 0.491. The quantitative estimate of drug-likeness (QED) is 0.735. The number of nitrogens with zero attached hydrogens (tertiary/aromatic N) is 3. The highest BCUT2D eigenvalue weighted by molar-refractivity contribution is 6.35. The van der Waals surface area contributed by atoms with Gasteiger partial charge in [0, 0.05) is 17.1 Å². The van der Waals surface area contributed by atoms with Crippen LogP contribution in [-0.4, -0.2) is 15.2 Å². The van der Waals surface area contributed by atoms with E-state index in [1.807, 2.05) is 19.1 Å². The monoisotopic (exact) mass is 268 g/mol. The molecule has 0 saturated carbocycles. The summed E-state index contributed by atoms with van der Waals surface area (Å²) in [5.41, 5.74) is 3.53. The van der Waals surface area contributed by atoms with Crippen LogP contribution < -0.4 is 0 Å². The number of hydrogen-bond donors (Lipinski definition) is 1. The smallest absolute Gasteiger partial charge is 0.101 e. The van der Waals surface area contributed by atoms with Crippen LogP contribution in [0.15, 0.2) is 30.5 Å². The molecule has 0 aliphatic heterocycles. The molecule has 0 bridgehead atoms. The summed E-state index contributed by atoms with van der Waals surface area (Å²) in [4.78, 5) is 4.54. The molecule has 0 amide bonds.